The Morgan fingerprint density at radius 2 is 1.69 bits per heavy atom. The van der Waals surface area contributed by atoms with Gasteiger partial charge in [-0.3, -0.25) is 13.9 Å². The topological polar surface area (TPSA) is 86.8 Å². The SMILES string of the molecule is CCC(C)NC(=O)C(CC)N(Cc1ccc(Cl)cc1)C(=O)CCCN(c1ccccc1F)S(C)(=O)=O. The molecule has 0 bridgehead atoms. The maximum absolute atomic E-state index is 14.3. The number of anilines is 1. The first kappa shape index (κ1) is 29.6. The molecule has 0 saturated heterocycles. The minimum atomic E-state index is -3.77. The summed E-state index contributed by atoms with van der Waals surface area (Å²) in [5, 5.41) is 3.51. The van der Waals surface area contributed by atoms with Crippen molar-refractivity contribution in [1.82, 2.24) is 10.2 Å². The quantitative estimate of drug-likeness (QED) is 0.398. The fraction of sp³-hybridized carbons (Fsp3) is 0.462. The predicted molar refractivity (Wildman–Crippen MR) is 142 cm³/mol. The van der Waals surface area contributed by atoms with E-state index in [1.54, 1.807) is 30.3 Å². The molecule has 0 aliphatic heterocycles. The summed E-state index contributed by atoms with van der Waals surface area (Å²) in [7, 11) is -3.77. The fourth-order valence-electron chi connectivity index (χ4n) is 3.78. The van der Waals surface area contributed by atoms with Crippen LogP contribution in [0.25, 0.3) is 0 Å². The molecule has 0 spiro atoms. The number of carbonyl (C=O) groups excluding carboxylic acids is 2. The summed E-state index contributed by atoms with van der Waals surface area (Å²) >= 11 is 6.00. The minimum Gasteiger partial charge on any atom is -0.352 e. The number of sulfonamides is 1. The molecule has 0 saturated carbocycles. The maximum Gasteiger partial charge on any atom is 0.243 e. The third-order valence-corrected chi connectivity index (χ3v) is 7.36. The van der Waals surface area contributed by atoms with E-state index >= 15 is 0 Å². The maximum atomic E-state index is 14.3. The summed E-state index contributed by atoms with van der Waals surface area (Å²) < 4.78 is 39.9. The first-order valence-corrected chi connectivity index (χ1v) is 14.3. The van der Waals surface area contributed by atoms with Gasteiger partial charge >= 0.3 is 0 Å². The Bertz CT molecular complexity index is 1130. The van der Waals surface area contributed by atoms with Gasteiger partial charge in [-0.05, 0) is 56.0 Å². The molecular formula is C26H35ClFN3O4S. The molecular weight excluding hydrogens is 505 g/mol. The Kier molecular flexibility index (Phi) is 11.2. The lowest BCUT2D eigenvalue weighted by Crippen LogP contribution is -2.50. The van der Waals surface area contributed by atoms with Crippen molar-refractivity contribution in [3.05, 3.63) is 64.9 Å². The second-order valence-electron chi connectivity index (χ2n) is 8.78. The summed E-state index contributed by atoms with van der Waals surface area (Å²) in [6, 6.07) is 11.9. The third-order valence-electron chi connectivity index (χ3n) is 5.93. The molecule has 2 unspecified atom stereocenters. The van der Waals surface area contributed by atoms with Gasteiger partial charge in [-0.2, -0.15) is 0 Å². The molecule has 2 atom stereocenters. The van der Waals surface area contributed by atoms with Crippen LogP contribution >= 0.6 is 11.6 Å². The summed E-state index contributed by atoms with van der Waals surface area (Å²) in [6.45, 7) is 5.83. The molecule has 0 aliphatic rings. The zero-order chi connectivity index (χ0) is 26.9. The predicted octanol–water partition coefficient (Wildman–Crippen LogP) is 4.75. The summed E-state index contributed by atoms with van der Waals surface area (Å²) in [6.07, 6.45) is 2.30. The van der Waals surface area contributed by atoms with Gasteiger partial charge in [0.05, 0.1) is 11.9 Å². The van der Waals surface area contributed by atoms with Gasteiger partial charge in [-0.15, -0.1) is 0 Å². The molecule has 0 aromatic heterocycles. The van der Waals surface area contributed by atoms with Crippen LogP contribution in [0.2, 0.25) is 5.02 Å². The van der Waals surface area contributed by atoms with Gasteiger partial charge in [0.25, 0.3) is 0 Å². The third kappa shape index (κ3) is 8.48. The van der Waals surface area contributed by atoms with Crippen LogP contribution in [0.3, 0.4) is 0 Å². The van der Waals surface area contributed by atoms with E-state index in [4.69, 9.17) is 11.6 Å². The van der Waals surface area contributed by atoms with E-state index in [2.05, 4.69) is 5.32 Å². The molecule has 36 heavy (non-hydrogen) atoms. The highest BCUT2D eigenvalue weighted by atomic mass is 35.5. The van der Waals surface area contributed by atoms with Crippen LogP contribution in [0.4, 0.5) is 10.1 Å². The largest absolute Gasteiger partial charge is 0.352 e. The highest BCUT2D eigenvalue weighted by Gasteiger charge is 2.29. The molecule has 0 radical (unpaired) electrons. The van der Waals surface area contributed by atoms with E-state index in [0.29, 0.717) is 11.4 Å². The van der Waals surface area contributed by atoms with Crippen LogP contribution in [-0.2, 0) is 26.2 Å². The average Bonchev–Trinajstić information content (AvgIpc) is 2.82. The van der Waals surface area contributed by atoms with Gasteiger partial charge < -0.3 is 10.2 Å². The van der Waals surface area contributed by atoms with Gasteiger partial charge in [-0.25, -0.2) is 12.8 Å². The van der Waals surface area contributed by atoms with Gasteiger partial charge in [0.1, 0.15) is 11.9 Å². The Hall–Kier alpha value is -2.65. The van der Waals surface area contributed by atoms with E-state index in [1.807, 2.05) is 20.8 Å². The summed E-state index contributed by atoms with van der Waals surface area (Å²) in [4.78, 5) is 27.9. The number of para-hydroxylation sites is 1. The second-order valence-corrected chi connectivity index (χ2v) is 11.1. The van der Waals surface area contributed by atoms with Crippen LogP contribution in [0.15, 0.2) is 48.5 Å². The smallest absolute Gasteiger partial charge is 0.243 e. The molecule has 10 heteroatoms. The highest BCUT2D eigenvalue weighted by molar-refractivity contribution is 7.92. The lowest BCUT2D eigenvalue weighted by atomic mass is 10.1. The number of nitrogens with zero attached hydrogens (tertiary/aromatic N) is 2. The number of nitrogens with one attached hydrogen (secondary N) is 1. The monoisotopic (exact) mass is 539 g/mol. The van der Waals surface area contributed by atoms with Crippen LogP contribution in [0.5, 0.6) is 0 Å². The zero-order valence-corrected chi connectivity index (χ0v) is 22.8. The van der Waals surface area contributed by atoms with Crippen molar-refractivity contribution in [2.24, 2.45) is 0 Å². The normalized spacial score (nSPS) is 13.1. The van der Waals surface area contributed by atoms with Crippen LogP contribution < -0.4 is 9.62 Å². The van der Waals surface area contributed by atoms with E-state index in [1.165, 1.54) is 23.1 Å². The number of amides is 2. The summed E-state index contributed by atoms with van der Waals surface area (Å²) in [5.74, 6) is -1.19. The summed E-state index contributed by atoms with van der Waals surface area (Å²) in [5.41, 5.74) is 0.747. The number of hydrogen-bond acceptors (Lipinski definition) is 4. The van der Waals surface area contributed by atoms with Crippen molar-refractivity contribution in [2.45, 2.75) is 65.1 Å². The van der Waals surface area contributed by atoms with Crippen LogP contribution in [0.1, 0.15) is 52.0 Å². The van der Waals surface area contributed by atoms with E-state index in [-0.39, 0.29) is 49.5 Å². The van der Waals surface area contributed by atoms with Gasteiger partial charge in [0.2, 0.25) is 21.8 Å². The molecule has 1 N–H and O–H groups in total. The van der Waals surface area contributed by atoms with E-state index < -0.39 is 21.9 Å². The van der Waals surface area contributed by atoms with Crippen molar-refractivity contribution in [3.8, 4) is 0 Å². The van der Waals surface area contributed by atoms with Gasteiger partial charge in [0, 0.05) is 30.6 Å². The van der Waals surface area contributed by atoms with Gasteiger partial charge in [0.15, 0.2) is 0 Å². The number of halogens is 2. The van der Waals surface area contributed by atoms with Crippen molar-refractivity contribution < 1.29 is 22.4 Å². The molecule has 198 valence electrons. The lowest BCUT2D eigenvalue weighted by Gasteiger charge is -2.32. The van der Waals surface area contributed by atoms with E-state index in [0.717, 1.165) is 22.5 Å². The molecule has 2 amide bonds. The van der Waals surface area contributed by atoms with Gasteiger partial charge in [-0.1, -0.05) is 49.7 Å². The number of hydrogen-bond donors (Lipinski definition) is 1. The minimum absolute atomic E-state index is 0.0127. The van der Waals surface area contributed by atoms with Crippen molar-refractivity contribution >= 4 is 39.1 Å². The molecule has 0 heterocycles. The van der Waals surface area contributed by atoms with Crippen molar-refractivity contribution in [2.75, 3.05) is 17.1 Å². The molecule has 0 fully saturated rings. The second kappa shape index (κ2) is 13.6. The molecule has 2 rings (SSSR count). The van der Waals surface area contributed by atoms with Crippen LogP contribution in [-0.4, -0.2) is 50.0 Å². The van der Waals surface area contributed by atoms with Crippen LogP contribution in [0, 0.1) is 5.82 Å². The first-order chi connectivity index (χ1) is 17.0. The fourth-order valence-corrected chi connectivity index (χ4v) is 4.88. The molecule has 7 nitrogen and oxygen atoms in total. The Morgan fingerprint density at radius 1 is 1.06 bits per heavy atom. The number of rotatable bonds is 13. The molecule has 2 aromatic carbocycles. The standard InChI is InChI=1S/C26H35ClFN3O4S/c1-5-19(3)29-26(33)23(6-2)30(18-20-13-15-21(27)16-14-20)25(32)12-9-17-31(36(4,34)35)24-11-8-7-10-22(24)28/h7-8,10-11,13-16,19,23H,5-6,9,12,17-18H2,1-4H3,(H,29,33). The molecule has 2 aromatic rings. The zero-order valence-electron chi connectivity index (χ0n) is 21.2. The van der Waals surface area contributed by atoms with Crippen molar-refractivity contribution in [3.63, 3.8) is 0 Å². The molecule has 0 aliphatic carbocycles. The Labute approximate surface area is 218 Å². The highest BCUT2D eigenvalue weighted by Crippen LogP contribution is 2.23. The average molecular weight is 540 g/mol. The Morgan fingerprint density at radius 3 is 2.25 bits per heavy atom. The van der Waals surface area contributed by atoms with E-state index in [9.17, 15) is 22.4 Å². The number of carbonyl (C=O) groups is 2. The lowest BCUT2D eigenvalue weighted by molar-refractivity contribution is -0.141. The Balaban J connectivity index is 2.23. The number of benzene rings is 2. The van der Waals surface area contributed by atoms with Crippen molar-refractivity contribution in [1.29, 1.82) is 0 Å². The first-order valence-electron chi connectivity index (χ1n) is 12.0.